The molecule has 0 aliphatic carbocycles. The number of anilines is 1. The quantitative estimate of drug-likeness (QED) is 0.207. The number of rotatable bonds is 16. The maximum atomic E-state index is 13.9. The number of nitrogens with one attached hydrogen (secondary N) is 1. The van der Waals surface area contributed by atoms with Gasteiger partial charge in [-0.05, 0) is 104 Å². The Morgan fingerprint density at radius 1 is 0.829 bits per heavy atom. The average Bonchev–Trinajstić information content (AvgIpc) is 2.89. The number of unbranched alkanes of at least 4 members (excludes halogenated alkanes) is 1. The summed E-state index contributed by atoms with van der Waals surface area (Å²) < 4.78 is 14.3. The van der Waals surface area contributed by atoms with E-state index in [1.165, 1.54) is 29.2 Å². The number of allylic oxidation sites excluding steroid dienone is 6. The number of carbonyl (C=O) groups is 1. The molecule has 0 saturated heterocycles. The van der Waals surface area contributed by atoms with Gasteiger partial charge < -0.3 is 19.4 Å². The summed E-state index contributed by atoms with van der Waals surface area (Å²) in [6, 6.07) is 5.58. The molecule has 2 aromatic rings. The van der Waals surface area contributed by atoms with Crippen molar-refractivity contribution in [3.63, 3.8) is 0 Å². The van der Waals surface area contributed by atoms with Crippen LogP contribution in [0.2, 0.25) is 0 Å². The van der Waals surface area contributed by atoms with Crippen LogP contribution in [0.1, 0.15) is 93.9 Å². The van der Waals surface area contributed by atoms with Crippen molar-refractivity contribution in [1.82, 2.24) is 4.57 Å². The number of aromatic nitrogens is 1. The molecule has 0 unspecified atom stereocenters. The van der Waals surface area contributed by atoms with E-state index in [-0.39, 0.29) is 23.8 Å². The molecule has 1 aromatic carbocycles. The molecule has 0 atom stereocenters. The highest BCUT2D eigenvalue weighted by atomic mass is 16.5. The van der Waals surface area contributed by atoms with E-state index in [0.717, 1.165) is 49.4 Å². The molecule has 0 aliphatic heterocycles. The third kappa shape index (κ3) is 11.5. The summed E-state index contributed by atoms with van der Waals surface area (Å²) in [7, 11) is 0. The lowest BCUT2D eigenvalue weighted by Gasteiger charge is -2.19. The lowest BCUT2D eigenvalue weighted by molar-refractivity contribution is -0.114. The summed E-state index contributed by atoms with van der Waals surface area (Å²) >= 11 is 0. The first-order chi connectivity index (χ1) is 19.5. The van der Waals surface area contributed by atoms with Crippen LogP contribution in [0.15, 0.2) is 69.6 Å². The number of nitrogens with zero attached hydrogens (tertiary/aromatic N) is 1. The van der Waals surface area contributed by atoms with Gasteiger partial charge in [0.05, 0.1) is 5.52 Å². The SMILES string of the molecule is CCCCn1c(=O)c(OCC=C(C)CCC=C(C)C)c(OCC=C(C)CCC=C(C)C)c2ccc(NC(C)=O)cc21. The largest absolute Gasteiger partial charge is 0.485 e. The number of fused-ring (bicyclic) bond motifs is 1. The van der Waals surface area contributed by atoms with Crippen LogP contribution >= 0.6 is 0 Å². The van der Waals surface area contributed by atoms with Crippen LogP contribution in [-0.4, -0.2) is 23.7 Å². The predicted octanol–water partition coefficient (Wildman–Crippen LogP) is 8.90. The highest BCUT2D eigenvalue weighted by Crippen LogP contribution is 2.35. The fraction of sp³-hybridized carbons (Fsp3) is 0.486. The molecule has 6 nitrogen and oxygen atoms in total. The second-order valence-corrected chi connectivity index (χ2v) is 11.2. The van der Waals surface area contributed by atoms with E-state index in [9.17, 15) is 9.59 Å². The van der Waals surface area contributed by atoms with Crippen LogP contribution < -0.4 is 20.3 Å². The van der Waals surface area contributed by atoms with Crippen molar-refractivity contribution in [2.45, 2.75) is 100 Å². The van der Waals surface area contributed by atoms with E-state index in [1.807, 2.05) is 24.3 Å². The van der Waals surface area contributed by atoms with Gasteiger partial charge in [-0.1, -0.05) is 47.8 Å². The van der Waals surface area contributed by atoms with Gasteiger partial charge in [0.15, 0.2) is 5.75 Å². The maximum absolute atomic E-state index is 13.9. The molecule has 1 aromatic heterocycles. The minimum Gasteiger partial charge on any atom is -0.485 e. The molecule has 0 fully saturated rings. The number of ether oxygens (including phenoxy) is 2. The topological polar surface area (TPSA) is 69.6 Å². The Bertz CT molecular complexity index is 1350. The van der Waals surface area contributed by atoms with Crippen molar-refractivity contribution in [1.29, 1.82) is 0 Å². The Morgan fingerprint density at radius 2 is 1.39 bits per heavy atom. The number of hydrogen-bond donors (Lipinski definition) is 1. The number of benzene rings is 1. The minimum absolute atomic E-state index is 0.163. The summed E-state index contributed by atoms with van der Waals surface area (Å²) in [4.78, 5) is 25.6. The molecule has 224 valence electrons. The van der Waals surface area contributed by atoms with Gasteiger partial charge in [0, 0.05) is 24.5 Å². The third-order valence-corrected chi connectivity index (χ3v) is 6.74. The monoisotopic (exact) mass is 562 g/mol. The smallest absolute Gasteiger partial charge is 0.297 e. The predicted molar refractivity (Wildman–Crippen MR) is 173 cm³/mol. The van der Waals surface area contributed by atoms with Gasteiger partial charge in [-0.15, -0.1) is 0 Å². The van der Waals surface area contributed by atoms with Crippen molar-refractivity contribution in [3.8, 4) is 11.5 Å². The van der Waals surface area contributed by atoms with E-state index in [0.29, 0.717) is 24.6 Å². The van der Waals surface area contributed by atoms with Crippen molar-refractivity contribution >= 4 is 22.5 Å². The second-order valence-electron chi connectivity index (χ2n) is 11.2. The van der Waals surface area contributed by atoms with Crippen molar-refractivity contribution in [2.24, 2.45) is 0 Å². The highest BCUT2D eigenvalue weighted by molar-refractivity contribution is 5.94. The van der Waals surface area contributed by atoms with Crippen LogP contribution in [-0.2, 0) is 11.3 Å². The first-order valence-electron chi connectivity index (χ1n) is 14.8. The molecule has 0 spiro atoms. The number of hydrogen-bond acceptors (Lipinski definition) is 4. The van der Waals surface area contributed by atoms with Crippen LogP contribution in [0.25, 0.3) is 10.9 Å². The first kappa shape index (κ1) is 33.7. The zero-order valence-corrected chi connectivity index (χ0v) is 26.5. The molecule has 0 bridgehead atoms. The normalized spacial score (nSPS) is 11.8. The van der Waals surface area contributed by atoms with Crippen LogP contribution in [0, 0.1) is 0 Å². The van der Waals surface area contributed by atoms with Gasteiger partial charge in [-0.2, -0.15) is 0 Å². The molecule has 1 amide bonds. The van der Waals surface area contributed by atoms with Crippen molar-refractivity contribution in [3.05, 3.63) is 75.1 Å². The van der Waals surface area contributed by atoms with Crippen LogP contribution in [0.3, 0.4) is 0 Å². The average molecular weight is 563 g/mol. The lowest BCUT2D eigenvalue weighted by atomic mass is 10.1. The van der Waals surface area contributed by atoms with E-state index in [4.69, 9.17) is 9.47 Å². The van der Waals surface area contributed by atoms with E-state index in [1.54, 1.807) is 4.57 Å². The molecular weight excluding hydrogens is 512 g/mol. The summed E-state index contributed by atoms with van der Waals surface area (Å²) in [5, 5.41) is 3.62. The van der Waals surface area contributed by atoms with E-state index < -0.39 is 0 Å². The zero-order valence-electron chi connectivity index (χ0n) is 26.5. The van der Waals surface area contributed by atoms with E-state index >= 15 is 0 Å². The second kappa shape index (κ2) is 17.3. The molecule has 6 heteroatoms. The number of pyridine rings is 1. The Hall–Kier alpha value is -3.54. The summed E-state index contributed by atoms with van der Waals surface area (Å²) in [5.41, 5.74) is 6.20. The molecule has 0 radical (unpaired) electrons. The van der Waals surface area contributed by atoms with Gasteiger partial charge in [-0.25, -0.2) is 0 Å². The molecule has 41 heavy (non-hydrogen) atoms. The van der Waals surface area contributed by atoms with Gasteiger partial charge in [0.1, 0.15) is 13.2 Å². The Balaban J connectivity index is 2.51. The van der Waals surface area contributed by atoms with Gasteiger partial charge in [0.2, 0.25) is 11.7 Å². The van der Waals surface area contributed by atoms with Crippen LogP contribution in [0.5, 0.6) is 11.5 Å². The Morgan fingerprint density at radius 3 is 1.90 bits per heavy atom. The minimum atomic E-state index is -0.222. The number of amides is 1. The molecule has 1 N–H and O–H groups in total. The van der Waals surface area contributed by atoms with Gasteiger partial charge in [0.25, 0.3) is 5.56 Å². The summed E-state index contributed by atoms with van der Waals surface area (Å²) in [6.07, 6.45) is 14.2. The number of carbonyl (C=O) groups excluding carboxylic acids is 1. The molecule has 2 rings (SSSR count). The zero-order chi connectivity index (χ0) is 30.4. The summed E-state index contributed by atoms with van der Waals surface area (Å²) in [6.45, 7) is 17.3. The van der Waals surface area contributed by atoms with E-state index in [2.05, 4.69) is 72.0 Å². The fourth-order valence-electron chi connectivity index (χ4n) is 4.40. The fourth-order valence-corrected chi connectivity index (χ4v) is 4.40. The van der Waals surface area contributed by atoms with Gasteiger partial charge >= 0.3 is 0 Å². The maximum Gasteiger partial charge on any atom is 0.297 e. The molecule has 0 saturated carbocycles. The standard InChI is InChI=1S/C35H50N2O4/c1-9-10-21-37-32-24-30(36-29(8)38)17-18-31(32)33(40-22-19-27(6)15-11-13-25(2)3)34(35(37)39)41-23-20-28(7)16-12-14-26(4)5/h13-14,17-20,24H,9-12,15-16,21-23H2,1-8H3,(H,36,38). The number of aryl methyl sites for hydroxylation is 1. The molecule has 0 aliphatic rings. The lowest BCUT2D eigenvalue weighted by Crippen LogP contribution is -2.24. The first-order valence-corrected chi connectivity index (χ1v) is 14.8. The summed E-state index contributed by atoms with van der Waals surface area (Å²) in [5.74, 6) is 0.504. The Labute approximate surface area is 246 Å². The van der Waals surface area contributed by atoms with Crippen molar-refractivity contribution < 1.29 is 14.3 Å². The van der Waals surface area contributed by atoms with Gasteiger partial charge in [-0.3, -0.25) is 9.59 Å². The highest BCUT2D eigenvalue weighted by Gasteiger charge is 2.20. The molecular formula is C35H50N2O4. The van der Waals surface area contributed by atoms with Crippen molar-refractivity contribution in [2.75, 3.05) is 18.5 Å². The third-order valence-electron chi connectivity index (χ3n) is 6.74. The van der Waals surface area contributed by atoms with Crippen LogP contribution in [0.4, 0.5) is 5.69 Å². The molecule has 1 heterocycles. The Kier molecular flexibility index (Phi) is 14.2.